The van der Waals surface area contributed by atoms with Crippen LogP contribution in [0.1, 0.15) is 11.1 Å². The summed E-state index contributed by atoms with van der Waals surface area (Å²) < 4.78 is 22.7. The molecule has 124 valence electrons. The molecule has 0 spiro atoms. The van der Waals surface area contributed by atoms with Crippen LogP contribution in [0.2, 0.25) is 0 Å². The Bertz CT molecular complexity index is 557. The molecule has 0 heterocycles. The van der Waals surface area contributed by atoms with Crippen molar-refractivity contribution >= 4 is 0 Å². The molecular formula is C18H20FO3W-. The number of hydrogen-bond donors (Lipinski definition) is 1. The first-order chi connectivity index (χ1) is 10.7. The normalized spacial score (nSPS) is 11.4. The summed E-state index contributed by atoms with van der Waals surface area (Å²) in [6.07, 6.45) is -0.267. The van der Waals surface area contributed by atoms with Crippen molar-refractivity contribution in [1.29, 1.82) is 0 Å². The predicted octanol–water partition coefficient (Wildman–Crippen LogP) is 3.20. The second-order valence-corrected chi connectivity index (χ2v) is 4.93. The molecule has 0 amide bonds. The fraction of sp³-hybridized carbons (Fsp3) is 0.278. The molecule has 0 saturated heterocycles. The summed E-state index contributed by atoms with van der Waals surface area (Å²) >= 11 is 0. The molecule has 1 N–H and O–H groups in total. The Hall–Kier alpha value is -1.38. The summed E-state index contributed by atoms with van der Waals surface area (Å²) in [6.45, 7) is 3.22. The molecule has 0 bridgehead atoms. The molecule has 3 nitrogen and oxygen atoms in total. The van der Waals surface area contributed by atoms with Crippen LogP contribution in [0.25, 0.3) is 0 Å². The smallest absolute Gasteiger partial charge is 0.119 e. The van der Waals surface area contributed by atoms with E-state index in [9.17, 15) is 4.39 Å². The average molecular weight is 487 g/mol. The van der Waals surface area contributed by atoms with E-state index in [4.69, 9.17) is 14.6 Å². The van der Waals surface area contributed by atoms with Crippen molar-refractivity contribution in [2.45, 2.75) is 12.5 Å². The van der Waals surface area contributed by atoms with Gasteiger partial charge in [-0.05, 0) is 48.4 Å². The molecule has 1 unspecified atom stereocenters. The van der Waals surface area contributed by atoms with E-state index in [1.807, 2.05) is 48.5 Å². The fourth-order valence-corrected chi connectivity index (χ4v) is 2.00. The second kappa shape index (κ2) is 10.4. The third-order valence-electron chi connectivity index (χ3n) is 3.14. The Labute approximate surface area is 150 Å². The predicted molar refractivity (Wildman–Crippen MR) is 84.0 cm³/mol. The van der Waals surface area contributed by atoms with Gasteiger partial charge in [-0.2, -0.15) is 0 Å². The molecule has 0 fully saturated rings. The number of ether oxygens (including phenoxy) is 2. The second-order valence-electron chi connectivity index (χ2n) is 4.93. The van der Waals surface area contributed by atoms with Crippen LogP contribution in [0.5, 0.6) is 11.5 Å². The van der Waals surface area contributed by atoms with Gasteiger partial charge in [0.05, 0.1) is 0 Å². The SMILES string of the molecule is [CH2-]COc1ccc(Cc2ccc(OCC(O)CF)cc2)cc1.[W]. The molecule has 2 aromatic carbocycles. The van der Waals surface area contributed by atoms with Gasteiger partial charge in [0.15, 0.2) is 0 Å². The summed E-state index contributed by atoms with van der Waals surface area (Å²) in [5.74, 6) is 1.43. The van der Waals surface area contributed by atoms with Gasteiger partial charge in [-0.15, -0.1) is 0 Å². The maximum atomic E-state index is 12.1. The Morgan fingerprint density at radius 1 is 0.913 bits per heavy atom. The molecule has 0 aromatic heterocycles. The number of aliphatic hydroxyl groups excluding tert-OH is 1. The number of rotatable bonds is 8. The zero-order valence-electron chi connectivity index (χ0n) is 12.8. The summed E-state index contributed by atoms with van der Waals surface area (Å²) in [4.78, 5) is 0. The molecule has 1 atom stereocenters. The van der Waals surface area contributed by atoms with Crippen LogP contribution in [0.15, 0.2) is 48.5 Å². The molecule has 23 heavy (non-hydrogen) atoms. The van der Waals surface area contributed by atoms with Gasteiger partial charge in [0.1, 0.15) is 30.9 Å². The third kappa shape index (κ3) is 6.72. The molecule has 5 heteroatoms. The van der Waals surface area contributed by atoms with Crippen molar-refractivity contribution in [1.82, 2.24) is 0 Å². The fourth-order valence-electron chi connectivity index (χ4n) is 2.00. The van der Waals surface area contributed by atoms with E-state index < -0.39 is 12.8 Å². The van der Waals surface area contributed by atoms with Crippen molar-refractivity contribution in [3.63, 3.8) is 0 Å². The molecule has 2 aromatic rings. The van der Waals surface area contributed by atoms with Crippen LogP contribution in [-0.4, -0.2) is 31.1 Å². The Morgan fingerprint density at radius 2 is 1.39 bits per heavy atom. The van der Waals surface area contributed by atoms with Crippen LogP contribution >= 0.6 is 0 Å². The van der Waals surface area contributed by atoms with Gasteiger partial charge in [0, 0.05) is 21.1 Å². The topological polar surface area (TPSA) is 38.7 Å². The number of halogens is 1. The summed E-state index contributed by atoms with van der Waals surface area (Å²) in [5.41, 5.74) is 2.32. The minimum Gasteiger partial charge on any atom is -0.525 e. The van der Waals surface area contributed by atoms with Gasteiger partial charge in [-0.3, -0.25) is 0 Å². The summed E-state index contributed by atoms with van der Waals surface area (Å²) in [6, 6.07) is 15.4. The van der Waals surface area contributed by atoms with E-state index in [1.54, 1.807) is 0 Å². The van der Waals surface area contributed by atoms with Gasteiger partial charge in [0.2, 0.25) is 0 Å². The van der Waals surface area contributed by atoms with Gasteiger partial charge < -0.3 is 21.5 Å². The summed E-state index contributed by atoms with van der Waals surface area (Å²) in [5, 5.41) is 9.12. The maximum absolute atomic E-state index is 12.1. The number of alkyl halides is 1. The molecule has 2 rings (SSSR count). The first-order valence-electron chi connectivity index (χ1n) is 7.18. The monoisotopic (exact) mass is 487 g/mol. The van der Waals surface area contributed by atoms with Gasteiger partial charge >= 0.3 is 0 Å². The third-order valence-corrected chi connectivity index (χ3v) is 3.14. The van der Waals surface area contributed by atoms with Gasteiger partial charge in [-0.25, -0.2) is 4.39 Å². The van der Waals surface area contributed by atoms with Crippen molar-refractivity contribution in [3.05, 3.63) is 66.6 Å². The van der Waals surface area contributed by atoms with Gasteiger partial charge in [0.25, 0.3) is 0 Å². The van der Waals surface area contributed by atoms with Crippen molar-refractivity contribution in [3.8, 4) is 11.5 Å². The molecule has 0 saturated carbocycles. The van der Waals surface area contributed by atoms with Crippen LogP contribution in [0, 0.1) is 6.92 Å². The zero-order chi connectivity index (χ0) is 15.8. The van der Waals surface area contributed by atoms with Crippen LogP contribution < -0.4 is 9.47 Å². The molecular weight excluding hydrogens is 467 g/mol. The number of benzene rings is 2. The maximum Gasteiger partial charge on any atom is 0.119 e. The minimum absolute atomic E-state index is 0. The standard InChI is InChI=1S/C18H20FO3.W/c1-2-21-17-7-3-14(4-8-17)11-15-5-9-18(10-6-15)22-13-16(20)12-19;/h3-10,16,20H,1-2,11-13H2;/q-1;. The molecule has 0 aliphatic heterocycles. The first kappa shape index (κ1) is 19.7. The largest absolute Gasteiger partial charge is 0.525 e. The quantitative estimate of drug-likeness (QED) is 0.582. The first-order valence-corrected chi connectivity index (χ1v) is 7.18. The van der Waals surface area contributed by atoms with E-state index in [-0.39, 0.29) is 27.7 Å². The van der Waals surface area contributed by atoms with E-state index >= 15 is 0 Å². The van der Waals surface area contributed by atoms with Crippen LogP contribution in [0.3, 0.4) is 0 Å². The Morgan fingerprint density at radius 3 is 1.83 bits per heavy atom. The zero-order valence-corrected chi connectivity index (χ0v) is 15.7. The van der Waals surface area contributed by atoms with Crippen molar-refractivity contribution < 1.29 is 40.0 Å². The van der Waals surface area contributed by atoms with E-state index in [0.29, 0.717) is 12.4 Å². The molecule has 0 aliphatic rings. The van der Waals surface area contributed by atoms with Crippen molar-refractivity contribution in [2.24, 2.45) is 0 Å². The summed E-state index contributed by atoms with van der Waals surface area (Å²) in [7, 11) is 0. The number of hydrogen-bond acceptors (Lipinski definition) is 3. The van der Waals surface area contributed by atoms with E-state index in [2.05, 4.69) is 6.92 Å². The van der Waals surface area contributed by atoms with Crippen molar-refractivity contribution in [2.75, 3.05) is 19.9 Å². The Kier molecular flexibility index (Phi) is 8.89. The Balaban J connectivity index is 0.00000264. The molecule has 0 aliphatic carbocycles. The molecule has 0 radical (unpaired) electrons. The number of aliphatic hydroxyl groups is 1. The minimum atomic E-state index is -1.07. The van der Waals surface area contributed by atoms with E-state index in [0.717, 1.165) is 17.7 Å². The average Bonchev–Trinajstić information content (AvgIpc) is 2.56. The van der Waals surface area contributed by atoms with E-state index in [1.165, 1.54) is 5.56 Å². The van der Waals surface area contributed by atoms with Crippen LogP contribution in [-0.2, 0) is 27.5 Å². The van der Waals surface area contributed by atoms with Gasteiger partial charge in [-0.1, -0.05) is 24.3 Å². The van der Waals surface area contributed by atoms with Crippen LogP contribution in [0.4, 0.5) is 4.39 Å².